The number of hydrogen-bond donors (Lipinski definition) is 0. The molecule has 1 saturated heterocycles. The second-order valence-corrected chi connectivity index (χ2v) is 6.46. The predicted octanol–water partition coefficient (Wildman–Crippen LogP) is 2.68. The van der Waals surface area contributed by atoms with E-state index in [1.807, 2.05) is 5.38 Å². The molecule has 0 aromatic carbocycles. The van der Waals surface area contributed by atoms with Crippen molar-refractivity contribution in [1.29, 1.82) is 0 Å². The summed E-state index contributed by atoms with van der Waals surface area (Å²) in [6.45, 7) is 7.42. The molecule has 0 aliphatic carbocycles. The van der Waals surface area contributed by atoms with E-state index in [2.05, 4.69) is 18.8 Å². The van der Waals surface area contributed by atoms with E-state index in [1.165, 1.54) is 11.3 Å². The number of likely N-dealkylation sites (tertiary alicyclic amines) is 1. The van der Waals surface area contributed by atoms with Gasteiger partial charge in [-0.1, -0.05) is 13.8 Å². The van der Waals surface area contributed by atoms with E-state index in [0.717, 1.165) is 17.8 Å². The lowest BCUT2D eigenvalue weighted by molar-refractivity contribution is -0.149. The van der Waals surface area contributed by atoms with Gasteiger partial charge in [0.15, 0.2) is 0 Å². The Morgan fingerprint density at radius 3 is 2.90 bits per heavy atom. The Balaban J connectivity index is 2.02. The summed E-state index contributed by atoms with van der Waals surface area (Å²) in [6.07, 6.45) is 1.62. The zero-order valence-electron chi connectivity index (χ0n) is 12.8. The highest BCUT2D eigenvalue weighted by Crippen LogP contribution is 2.23. The summed E-state index contributed by atoms with van der Waals surface area (Å²) >= 11 is 1.51. The molecule has 1 fully saturated rings. The third-order valence-electron chi connectivity index (χ3n) is 3.56. The van der Waals surface area contributed by atoms with Crippen LogP contribution in [0.2, 0.25) is 0 Å². The maximum atomic E-state index is 12.5. The van der Waals surface area contributed by atoms with E-state index in [0.29, 0.717) is 31.3 Å². The summed E-state index contributed by atoms with van der Waals surface area (Å²) in [7, 11) is 0. The Kier molecular flexibility index (Phi) is 5.33. The van der Waals surface area contributed by atoms with E-state index >= 15 is 0 Å². The molecule has 1 aliphatic rings. The summed E-state index contributed by atoms with van der Waals surface area (Å²) < 4.78 is 5.06. The van der Waals surface area contributed by atoms with Gasteiger partial charge in [0, 0.05) is 24.4 Å². The van der Waals surface area contributed by atoms with Gasteiger partial charge in [-0.15, -0.1) is 11.3 Å². The van der Waals surface area contributed by atoms with Crippen LogP contribution >= 0.6 is 11.3 Å². The van der Waals surface area contributed by atoms with Crippen LogP contribution in [-0.4, -0.2) is 41.5 Å². The molecule has 1 unspecified atom stereocenters. The first-order valence-corrected chi connectivity index (χ1v) is 8.32. The average molecular weight is 310 g/mol. The number of aromatic nitrogens is 1. The van der Waals surface area contributed by atoms with Gasteiger partial charge >= 0.3 is 5.97 Å². The molecule has 5 nitrogen and oxygen atoms in total. The molecule has 0 N–H and O–H groups in total. The van der Waals surface area contributed by atoms with Crippen molar-refractivity contribution in [1.82, 2.24) is 9.88 Å². The smallest absolute Gasteiger partial charge is 0.310 e. The fourth-order valence-corrected chi connectivity index (χ4v) is 3.24. The Hall–Kier alpha value is -1.43. The maximum absolute atomic E-state index is 12.5. The van der Waals surface area contributed by atoms with Gasteiger partial charge in [-0.2, -0.15) is 0 Å². The van der Waals surface area contributed by atoms with Crippen LogP contribution < -0.4 is 0 Å². The number of rotatable bonds is 4. The van der Waals surface area contributed by atoms with Crippen molar-refractivity contribution in [2.45, 2.75) is 39.5 Å². The number of piperidine rings is 1. The second-order valence-electron chi connectivity index (χ2n) is 5.57. The lowest BCUT2D eigenvalue weighted by Crippen LogP contribution is -2.43. The molecule has 1 aromatic heterocycles. The molecule has 1 aromatic rings. The monoisotopic (exact) mass is 310 g/mol. The minimum Gasteiger partial charge on any atom is -0.466 e. The largest absolute Gasteiger partial charge is 0.466 e. The van der Waals surface area contributed by atoms with Gasteiger partial charge in [-0.05, 0) is 19.8 Å². The van der Waals surface area contributed by atoms with E-state index in [4.69, 9.17) is 4.74 Å². The number of carbonyl (C=O) groups excluding carboxylic acids is 2. The van der Waals surface area contributed by atoms with Gasteiger partial charge in [0.2, 0.25) is 0 Å². The van der Waals surface area contributed by atoms with Crippen molar-refractivity contribution in [3.05, 3.63) is 16.1 Å². The highest BCUT2D eigenvalue weighted by atomic mass is 32.1. The van der Waals surface area contributed by atoms with Crippen molar-refractivity contribution in [2.24, 2.45) is 5.92 Å². The van der Waals surface area contributed by atoms with Gasteiger partial charge < -0.3 is 9.64 Å². The highest BCUT2D eigenvalue weighted by Gasteiger charge is 2.30. The number of nitrogens with zero attached hydrogens (tertiary/aromatic N) is 2. The van der Waals surface area contributed by atoms with Crippen molar-refractivity contribution >= 4 is 23.2 Å². The standard InChI is InChI=1S/C15H22N2O3S/c1-4-20-15(19)11-6-5-7-17(8-11)14(18)12-9-21-13(16-12)10(2)3/h9-11H,4-8H2,1-3H3. The Labute approximate surface area is 129 Å². The topological polar surface area (TPSA) is 59.5 Å². The van der Waals surface area contributed by atoms with Crippen molar-refractivity contribution < 1.29 is 14.3 Å². The van der Waals surface area contributed by atoms with Gasteiger partial charge in [0.25, 0.3) is 5.91 Å². The van der Waals surface area contributed by atoms with Gasteiger partial charge in [-0.3, -0.25) is 9.59 Å². The molecule has 2 heterocycles. The molecule has 0 spiro atoms. The number of hydrogen-bond acceptors (Lipinski definition) is 5. The summed E-state index contributed by atoms with van der Waals surface area (Å²) in [5, 5.41) is 2.78. The maximum Gasteiger partial charge on any atom is 0.310 e. The zero-order valence-corrected chi connectivity index (χ0v) is 13.6. The van der Waals surface area contributed by atoms with E-state index in [-0.39, 0.29) is 17.8 Å². The summed E-state index contributed by atoms with van der Waals surface area (Å²) in [4.78, 5) is 30.4. The molecule has 1 aliphatic heterocycles. The van der Waals surface area contributed by atoms with Gasteiger partial charge in [0.05, 0.1) is 17.5 Å². The Bertz CT molecular complexity index is 513. The van der Waals surface area contributed by atoms with Crippen LogP contribution in [0.15, 0.2) is 5.38 Å². The van der Waals surface area contributed by atoms with Crippen LogP contribution in [-0.2, 0) is 9.53 Å². The van der Waals surface area contributed by atoms with Gasteiger partial charge in [0.1, 0.15) is 5.69 Å². The molecular weight excluding hydrogens is 288 g/mol. The molecule has 0 saturated carbocycles. The average Bonchev–Trinajstić information content (AvgIpc) is 2.97. The first-order valence-electron chi connectivity index (χ1n) is 7.44. The van der Waals surface area contributed by atoms with Crippen molar-refractivity contribution in [3.63, 3.8) is 0 Å². The van der Waals surface area contributed by atoms with Crippen LogP contribution in [0.25, 0.3) is 0 Å². The fraction of sp³-hybridized carbons (Fsp3) is 0.667. The molecule has 116 valence electrons. The first-order chi connectivity index (χ1) is 10.0. The molecule has 0 bridgehead atoms. The minimum atomic E-state index is -0.203. The summed E-state index contributed by atoms with van der Waals surface area (Å²) in [5.41, 5.74) is 0.494. The molecule has 1 atom stereocenters. The lowest BCUT2D eigenvalue weighted by atomic mass is 9.98. The number of ether oxygens (including phenoxy) is 1. The minimum absolute atomic E-state index is 0.0767. The zero-order chi connectivity index (χ0) is 15.4. The third-order valence-corrected chi connectivity index (χ3v) is 4.71. The molecule has 6 heteroatoms. The van der Waals surface area contributed by atoms with Gasteiger partial charge in [-0.25, -0.2) is 4.98 Å². The molecular formula is C15H22N2O3S. The third kappa shape index (κ3) is 3.81. The number of thiazole rings is 1. The van der Waals surface area contributed by atoms with Crippen LogP contribution in [0, 0.1) is 5.92 Å². The molecule has 21 heavy (non-hydrogen) atoms. The molecule has 0 radical (unpaired) electrons. The SMILES string of the molecule is CCOC(=O)C1CCCN(C(=O)c2csc(C(C)C)n2)C1. The van der Waals surface area contributed by atoms with E-state index in [1.54, 1.807) is 11.8 Å². The van der Waals surface area contributed by atoms with Crippen LogP contribution in [0.1, 0.15) is 55.0 Å². The fourth-order valence-electron chi connectivity index (χ4n) is 2.43. The van der Waals surface area contributed by atoms with Crippen LogP contribution in [0.4, 0.5) is 0 Å². The Morgan fingerprint density at radius 1 is 1.52 bits per heavy atom. The molecule has 2 rings (SSSR count). The highest BCUT2D eigenvalue weighted by molar-refractivity contribution is 7.09. The normalized spacial score (nSPS) is 18.9. The van der Waals surface area contributed by atoms with E-state index in [9.17, 15) is 9.59 Å². The predicted molar refractivity (Wildman–Crippen MR) is 81.5 cm³/mol. The number of esters is 1. The van der Waals surface area contributed by atoms with Crippen LogP contribution in [0.3, 0.4) is 0 Å². The lowest BCUT2D eigenvalue weighted by Gasteiger charge is -2.31. The van der Waals surface area contributed by atoms with Crippen LogP contribution in [0.5, 0.6) is 0 Å². The summed E-state index contributed by atoms with van der Waals surface area (Å²) in [5.74, 6) is -0.153. The van der Waals surface area contributed by atoms with Crippen molar-refractivity contribution in [3.8, 4) is 0 Å². The number of carbonyl (C=O) groups is 2. The second kappa shape index (κ2) is 7.02. The summed E-state index contributed by atoms with van der Waals surface area (Å²) in [6, 6.07) is 0. The molecule has 1 amide bonds. The quantitative estimate of drug-likeness (QED) is 0.802. The first kappa shape index (κ1) is 15.9. The Morgan fingerprint density at radius 2 is 2.29 bits per heavy atom. The number of amides is 1. The van der Waals surface area contributed by atoms with E-state index < -0.39 is 0 Å². The van der Waals surface area contributed by atoms with Crippen molar-refractivity contribution in [2.75, 3.05) is 19.7 Å².